The van der Waals surface area contributed by atoms with Crippen LogP contribution in [0.5, 0.6) is 0 Å². The average Bonchev–Trinajstić information content (AvgIpc) is 1.65. The molecule has 0 saturated carbocycles. The number of carbonyl (C=O) groups excluding carboxylic acids is 1. The molecular weight excluding hydrogens is 253 g/mol. The first-order valence-corrected chi connectivity index (χ1v) is 2.38. The van der Waals surface area contributed by atoms with Crippen molar-refractivity contribution in [3.63, 3.8) is 0 Å². The zero-order valence-electron chi connectivity index (χ0n) is 8.48. The summed E-state index contributed by atoms with van der Waals surface area (Å²) in [5.41, 5.74) is -1.56. The largest absolute Gasteiger partial charge is 3.00 e. The molecule has 0 fully saturated rings. The van der Waals surface area contributed by atoms with Gasteiger partial charge in [-0.2, -0.15) is 0 Å². The third-order valence-electron chi connectivity index (χ3n) is 1.10. The molecule has 0 unspecified atom stereocenters. The van der Waals surface area contributed by atoms with Crippen molar-refractivity contribution in [1.29, 1.82) is 0 Å². The van der Waals surface area contributed by atoms with E-state index in [-0.39, 0.29) is 47.5 Å². The molecule has 0 aromatic heterocycles. The van der Waals surface area contributed by atoms with Crippen LogP contribution in [0.25, 0.3) is 30.8 Å². The van der Waals surface area contributed by atoms with E-state index in [9.17, 15) is 9.59 Å². The molecule has 98 valence electrons. The van der Waals surface area contributed by atoms with Crippen LogP contribution in [0.2, 0.25) is 0 Å². The van der Waals surface area contributed by atoms with E-state index in [1.54, 1.807) is 0 Å². The van der Waals surface area contributed by atoms with Gasteiger partial charge in [-0.3, -0.25) is 4.79 Å². The van der Waals surface area contributed by atoms with Gasteiger partial charge in [0.25, 0.3) is 0 Å². The molecule has 0 rings (SSSR count). The van der Waals surface area contributed by atoms with E-state index in [1.807, 2.05) is 0 Å². The van der Waals surface area contributed by atoms with Gasteiger partial charge in [-0.1, -0.05) is 0 Å². The van der Waals surface area contributed by atoms with Gasteiger partial charge in [0.15, 0.2) is 0 Å². The number of rotatable bonds is 2. The number of carboxylic acid groups (broad SMARTS) is 1. The fourth-order valence-electron chi connectivity index (χ4n) is 0.0971. The minimum atomic E-state index is -1.56. The molecule has 0 aliphatic rings. The third-order valence-corrected chi connectivity index (χ3v) is 1.10. The maximum atomic E-state index is 10.2. The Morgan fingerprint density at radius 1 is 1.00 bits per heavy atom. The molecule has 0 atom stereocenters. The maximum Gasteiger partial charge on any atom is 3.00 e. The van der Waals surface area contributed by atoms with Crippen LogP contribution < -0.4 is 0 Å². The van der Waals surface area contributed by atoms with E-state index in [0.717, 1.165) is 0 Å². The van der Waals surface area contributed by atoms with E-state index < -0.39 is 17.4 Å². The number of aliphatic carboxylic acids is 1. The minimum absolute atomic E-state index is 0. The van der Waals surface area contributed by atoms with Crippen LogP contribution in [0.3, 0.4) is 0 Å². The van der Waals surface area contributed by atoms with Crippen LogP contribution in [0.4, 0.5) is 0 Å². The topological polar surface area (TPSA) is 245 Å². The van der Waals surface area contributed by atoms with Crippen molar-refractivity contribution in [2.75, 3.05) is 0 Å². The van der Waals surface area contributed by atoms with Gasteiger partial charge < -0.3 is 41.0 Å². The van der Waals surface area contributed by atoms with Gasteiger partial charge >= 0.3 is 28.7 Å². The Balaban J connectivity index is -0.0000000213. The first kappa shape index (κ1) is 47.6. The van der Waals surface area contributed by atoms with Crippen LogP contribution >= 0.6 is 0 Å². The molecule has 0 aliphatic carbocycles. The second-order valence-electron chi connectivity index (χ2n) is 2.26. The molecule has 0 amide bonds. The zero-order valence-corrected chi connectivity index (χ0v) is 9.52. The minimum Gasteiger partial charge on any atom is -0.693 e. The SMILES string of the molecule is CC(C)(C(=O)O)C(=O)[OH2+].[Co+3].[NH2-].[NH2-].[NH2-].[NH2-].[NH2-]. The molecule has 0 saturated heterocycles. The van der Waals surface area contributed by atoms with E-state index in [1.165, 1.54) is 13.8 Å². The van der Waals surface area contributed by atoms with Crippen molar-refractivity contribution < 1.29 is 36.6 Å². The molecule has 0 spiro atoms. The zero-order chi connectivity index (χ0) is 7.65. The van der Waals surface area contributed by atoms with Crippen LogP contribution in [-0.2, 0) is 26.4 Å². The molecule has 9 nitrogen and oxygen atoms in total. The first-order valence-electron chi connectivity index (χ1n) is 2.38. The third kappa shape index (κ3) is 13.2. The Morgan fingerprint density at radius 2 is 1.20 bits per heavy atom. The summed E-state index contributed by atoms with van der Waals surface area (Å²) in [7, 11) is 0. The van der Waals surface area contributed by atoms with Crippen molar-refractivity contribution >= 4 is 11.9 Å². The summed E-state index contributed by atoms with van der Waals surface area (Å²) in [6, 6.07) is 0. The van der Waals surface area contributed by atoms with Gasteiger partial charge in [0.2, 0.25) is 5.41 Å². The van der Waals surface area contributed by atoms with E-state index >= 15 is 0 Å². The molecule has 0 aliphatic heterocycles. The molecule has 0 radical (unpaired) electrons. The van der Waals surface area contributed by atoms with Crippen LogP contribution in [0.15, 0.2) is 0 Å². The Morgan fingerprint density at radius 3 is 1.20 bits per heavy atom. The Labute approximate surface area is 99.1 Å². The normalized spacial score (nSPS) is 6.53. The fraction of sp³-hybridized carbons (Fsp3) is 0.600. The Hall–Kier alpha value is -0.754. The smallest absolute Gasteiger partial charge is 0.693 e. The summed E-state index contributed by atoms with van der Waals surface area (Å²) in [5.74, 6) is -2.34. The summed E-state index contributed by atoms with van der Waals surface area (Å²) >= 11 is 0. The van der Waals surface area contributed by atoms with Crippen molar-refractivity contribution in [2.45, 2.75) is 13.8 Å². The second kappa shape index (κ2) is 15.7. The number of carbonyl (C=O) groups is 2. The van der Waals surface area contributed by atoms with Crippen molar-refractivity contribution in [3.05, 3.63) is 30.8 Å². The number of carboxylic acids is 1. The Kier molecular flexibility index (Phi) is 49.8. The molecule has 15 heavy (non-hydrogen) atoms. The maximum absolute atomic E-state index is 10.2. The van der Waals surface area contributed by atoms with Gasteiger partial charge in [-0.05, 0) is 13.8 Å². The van der Waals surface area contributed by atoms with Crippen LogP contribution in [-0.4, -0.2) is 22.2 Å². The molecule has 10 heteroatoms. The second-order valence-corrected chi connectivity index (χ2v) is 2.26. The fourth-order valence-corrected chi connectivity index (χ4v) is 0.0971. The van der Waals surface area contributed by atoms with Crippen molar-refractivity contribution in [1.82, 2.24) is 0 Å². The molecule has 0 aromatic rings. The molecule has 0 heterocycles. The number of nitrogens with two attached hydrogens (primary N) is 5. The summed E-state index contributed by atoms with van der Waals surface area (Å²) in [6.07, 6.45) is 0. The van der Waals surface area contributed by atoms with Gasteiger partial charge in [-0.15, -0.1) is 0 Å². The molecule has 0 aromatic carbocycles. The molecular formula is C5H19CoN5O4-. The summed E-state index contributed by atoms with van der Waals surface area (Å²) in [4.78, 5) is 20.3. The first-order chi connectivity index (χ1) is 3.89. The average molecular weight is 272 g/mol. The quantitative estimate of drug-likeness (QED) is 0.588. The predicted molar refractivity (Wildman–Crippen MR) is 56.5 cm³/mol. The standard InChI is InChI=1S/C5H8O4.Co.5H2N/c1-5(2,3(6)7)4(8)9;;;;;;/h1-2H3,(H,6,7)(H,8,9);;5*1H2/q;+3;5*-1/p+1. The number of hydrogen-bond donors (Lipinski definition) is 1. The Bertz CT molecular complexity index is 150. The van der Waals surface area contributed by atoms with Gasteiger partial charge in [0, 0.05) is 4.79 Å². The molecule has 0 bridgehead atoms. The van der Waals surface area contributed by atoms with Gasteiger partial charge in [0.1, 0.15) is 0 Å². The monoisotopic (exact) mass is 272 g/mol. The summed E-state index contributed by atoms with van der Waals surface area (Å²) in [6.45, 7) is 2.40. The van der Waals surface area contributed by atoms with Crippen LogP contribution in [0, 0.1) is 5.41 Å². The predicted octanol–water partition coefficient (Wildman–Crippen LogP) is 2.93. The van der Waals surface area contributed by atoms with Crippen LogP contribution in [0.1, 0.15) is 13.8 Å². The van der Waals surface area contributed by atoms with E-state index in [2.05, 4.69) is 0 Å². The van der Waals surface area contributed by atoms with Crippen molar-refractivity contribution in [2.24, 2.45) is 5.41 Å². The summed E-state index contributed by atoms with van der Waals surface area (Å²) < 4.78 is 0. The number of hydrogen-bond acceptors (Lipinski definition) is 2. The van der Waals surface area contributed by atoms with Crippen molar-refractivity contribution in [3.8, 4) is 0 Å². The summed E-state index contributed by atoms with van der Waals surface area (Å²) in [5, 5.41) is 14.8. The van der Waals surface area contributed by atoms with E-state index in [4.69, 9.17) is 10.2 Å². The van der Waals surface area contributed by atoms with E-state index in [0.29, 0.717) is 0 Å². The van der Waals surface area contributed by atoms with Gasteiger partial charge in [-0.25, -0.2) is 0 Å². The molecule has 13 N–H and O–H groups in total. The van der Waals surface area contributed by atoms with Gasteiger partial charge in [0.05, 0.1) is 0 Å².